The molecule has 0 radical (unpaired) electrons. The van der Waals surface area contributed by atoms with Crippen molar-refractivity contribution in [2.45, 2.75) is 33.2 Å². The summed E-state index contributed by atoms with van der Waals surface area (Å²) in [6.07, 6.45) is 6.15. The van der Waals surface area contributed by atoms with Gasteiger partial charge in [-0.05, 0) is 30.2 Å². The molecule has 130 valence electrons. The highest BCUT2D eigenvalue weighted by Gasteiger charge is 2.15. The summed E-state index contributed by atoms with van der Waals surface area (Å²) < 4.78 is 0. The molecule has 1 heterocycles. The number of carbonyl (C=O) groups is 2. The maximum absolute atomic E-state index is 12.8. The zero-order valence-corrected chi connectivity index (χ0v) is 15.0. The fourth-order valence-corrected chi connectivity index (χ4v) is 2.50. The molecule has 0 aliphatic rings. The molecule has 0 unspecified atom stereocenters. The first kappa shape index (κ1) is 18.6. The highest BCUT2D eigenvalue weighted by molar-refractivity contribution is 5.97. The SMILES string of the molecule is CCC/C=C/c1ccccc1C(=O)N(C)Cc1cccc(C(C)=O)n1. The van der Waals surface area contributed by atoms with Crippen LogP contribution in [0.4, 0.5) is 0 Å². The summed E-state index contributed by atoms with van der Waals surface area (Å²) in [5.74, 6) is -0.144. The maximum Gasteiger partial charge on any atom is 0.254 e. The number of carbonyl (C=O) groups excluding carboxylic acids is 2. The lowest BCUT2D eigenvalue weighted by Crippen LogP contribution is -2.27. The van der Waals surface area contributed by atoms with Crippen molar-refractivity contribution in [1.82, 2.24) is 9.88 Å². The Morgan fingerprint density at radius 2 is 1.88 bits per heavy atom. The Kier molecular flexibility index (Phi) is 6.63. The molecule has 25 heavy (non-hydrogen) atoms. The molecule has 0 saturated heterocycles. The van der Waals surface area contributed by atoms with E-state index in [1.807, 2.05) is 36.4 Å². The third kappa shape index (κ3) is 5.11. The number of pyridine rings is 1. The van der Waals surface area contributed by atoms with Gasteiger partial charge in [-0.15, -0.1) is 0 Å². The Morgan fingerprint density at radius 1 is 1.12 bits per heavy atom. The molecule has 0 N–H and O–H groups in total. The highest BCUT2D eigenvalue weighted by atomic mass is 16.2. The van der Waals surface area contributed by atoms with Crippen LogP contribution in [0.3, 0.4) is 0 Å². The zero-order valence-electron chi connectivity index (χ0n) is 15.0. The van der Waals surface area contributed by atoms with Crippen LogP contribution in [-0.4, -0.2) is 28.6 Å². The van der Waals surface area contributed by atoms with Crippen molar-refractivity contribution in [2.75, 3.05) is 7.05 Å². The van der Waals surface area contributed by atoms with Gasteiger partial charge in [-0.2, -0.15) is 0 Å². The smallest absolute Gasteiger partial charge is 0.254 e. The van der Waals surface area contributed by atoms with E-state index in [2.05, 4.69) is 18.0 Å². The number of rotatable bonds is 7. The third-order valence-corrected chi connectivity index (χ3v) is 3.86. The van der Waals surface area contributed by atoms with Gasteiger partial charge in [0, 0.05) is 19.5 Å². The largest absolute Gasteiger partial charge is 0.336 e. The number of ketones is 1. The van der Waals surface area contributed by atoms with Gasteiger partial charge in [0.2, 0.25) is 0 Å². The standard InChI is InChI=1S/C21H24N2O2/c1-4-5-6-10-17-11-7-8-13-19(17)21(25)23(3)15-18-12-9-14-20(22-18)16(2)24/h6-14H,4-5,15H2,1-3H3/b10-6+. The molecular formula is C21H24N2O2. The molecule has 0 aliphatic heterocycles. The van der Waals surface area contributed by atoms with Gasteiger partial charge in [0.05, 0.1) is 12.2 Å². The van der Waals surface area contributed by atoms with Gasteiger partial charge in [-0.1, -0.05) is 49.8 Å². The predicted molar refractivity (Wildman–Crippen MR) is 100 cm³/mol. The summed E-state index contributed by atoms with van der Waals surface area (Å²) in [5, 5.41) is 0. The van der Waals surface area contributed by atoms with Gasteiger partial charge in [-0.25, -0.2) is 4.98 Å². The second-order valence-corrected chi connectivity index (χ2v) is 6.01. The monoisotopic (exact) mass is 336 g/mol. The van der Waals surface area contributed by atoms with Crippen molar-refractivity contribution < 1.29 is 9.59 Å². The van der Waals surface area contributed by atoms with E-state index in [4.69, 9.17) is 0 Å². The van der Waals surface area contributed by atoms with E-state index in [0.29, 0.717) is 23.5 Å². The molecule has 1 amide bonds. The number of nitrogens with zero attached hydrogens (tertiary/aromatic N) is 2. The summed E-state index contributed by atoms with van der Waals surface area (Å²) in [5.41, 5.74) is 2.70. The van der Waals surface area contributed by atoms with E-state index in [0.717, 1.165) is 18.4 Å². The molecule has 4 nitrogen and oxygen atoms in total. The van der Waals surface area contributed by atoms with Crippen molar-refractivity contribution in [3.63, 3.8) is 0 Å². The molecule has 1 aromatic carbocycles. The third-order valence-electron chi connectivity index (χ3n) is 3.86. The van der Waals surface area contributed by atoms with E-state index in [1.165, 1.54) is 6.92 Å². The summed E-state index contributed by atoms with van der Waals surface area (Å²) in [4.78, 5) is 30.2. The van der Waals surface area contributed by atoms with Crippen LogP contribution in [0.2, 0.25) is 0 Å². The van der Waals surface area contributed by atoms with E-state index < -0.39 is 0 Å². The first-order valence-corrected chi connectivity index (χ1v) is 8.50. The molecule has 0 saturated carbocycles. The minimum Gasteiger partial charge on any atom is -0.336 e. The molecule has 2 rings (SSSR count). The van der Waals surface area contributed by atoms with Crippen LogP contribution >= 0.6 is 0 Å². The number of unbranched alkanes of at least 4 members (excludes halogenated alkanes) is 1. The summed E-state index contributed by atoms with van der Waals surface area (Å²) in [6.45, 7) is 3.96. The van der Waals surface area contributed by atoms with Gasteiger partial charge in [0.15, 0.2) is 5.78 Å². The van der Waals surface area contributed by atoms with Crippen LogP contribution in [0.1, 0.15) is 58.8 Å². The van der Waals surface area contributed by atoms with Crippen molar-refractivity contribution in [1.29, 1.82) is 0 Å². The minimum absolute atomic E-state index is 0.0632. The van der Waals surface area contributed by atoms with E-state index in [-0.39, 0.29) is 11.7 Å². The lowest BCUT2D eigenvalue weighted by atomic mass is 10.1. The predicted octanol–water partition coefficient (Wildman–Crippen LogP) is 4.37. The van der Waals surface area contributed by atoms with Crippen molar-refractivity contribution in [3.8, 4) is 0 Å². The van der Waals surface area contributed by atoms with E-state index in [1.54, 1.807) is 24.1 Å². The van der Waals surface area contributed by atoms with Gasteiger partial charge >= 0.3 is 0 Å². The van der Waals surface area contributed by atoms with E-state index >= 15 is 0 Å². The average molecular weight is 336 g/mol. The van der Waals surface area contributed by atoms with Crippen molar-refractivity contribution >= 4 is 17.8 Å². The molecular weight excluding hydrogens is 312 g/mol. The molecule has 0 bridgehead atoms. The quantitative estimate of drug-likeness (QED) is 0.706. The van der Waals surface area contributed by atoms with Gasteiger partial charge in [-0.3, -0.25) is 9.59 Å². The fraction of sp³-hybridized carbons (Fsp3) is 0.286. The molecule has 0 aliphatic carbocycles. The maximum atomic E-state index is 12.8. The molecule has 0 spiro atoms. The molecule has 0 fully saturated rings. The van der Waals surface area contributed by atoms with Crippen molar-refractivity contribution in [2.24, 2.45) is 0 Å². The van der Waals surface area contributed by atoms with Gasteiger partial charge in [0.1, 0.15) is 5.69 Å². The number of aromatic nitrogens is 1. The fourth-order valence-electron chi connectivity index (χ4n) is 2.50. The van der Waals surface area contributed by atoms with Crippen LogP contribution in [-0.2, 0) is 6.54 Å². The lowest BCUT2D eigenvalue weighted by molar-refractivity contribution is 0.0783. The Hall–Kier alpha value is -2.75. The topological polar surface area (TPSA) is 50.3 Å². The number of amides is 1. The number of allylic oxidation sites excluding steroid dienone is 1. The first-order valence-electron chi connectivity index (χ1n) is 8.50. The Bertz CT molecular complexity index is 781. The molecule has 2 aromatic rings. The summed E-state index contributed by atoms with van der Waals surface area (Å²) in [7, 11) is 1.75. The van der Waals surface area contributed by atoms with Crippen LogP contribution < -0.4 is 0 Å². The zero-order chi connectivity index (χ0) is 18.2. The van der Waals surface area contributed by atoms with E-state index in [9.17, 15) is 9.59 Å². The van der Waals surface area contributed by atoms with Crippen molar-refractivity contribution in [3.05, 3.63) is 71.1 Å². The van der Waals surface area contributed by atoms with Gasteiger partial charge < -0.3 is 4.90 Å². The second-order valence-electron chi connectivity index (χ2n) is 6.01. The number of hydrogen-bond donors (Lipinski definition) is 0. The Labute approximate surface area is 149 Å². The van der Waals surface area contributed by atoms with Crippen LogP contribution in [0.5, 0.6) is 0 Å². The Morgan fingerprint density at radius 3 is 2.60 bits per heavy atom. The normalized spacial score (nSPS) is 10.8. The van der Waals surface area contributed by atoms with Crippen LogP contribution in [0.25, 0.3) is 6.08 Å². The first-order chi connectivity index (χ1) is 12.0. The van der Waals surface area contributed by atoms with Gasteiger partial charge in [0.25, 0.3) is 5.91 Å². The number of Topliss-reactive ketones (excluding diaryl/α,β-unsaturated/α-hetero) is 1. The minimum atomic E-state index is -0.0813. The number of hydrogen-bond acceptors (Lipinski definition) is 3. The Balaban J connectivity index is 2.17. The molecule has 0 atom stereocenters. The second kappa shape index (κ2) is 8.92. The summed E-state index contributed by atoms with van der Waals surface area (Å²) >= 11 is 0. The highest BCUT2D eigenvalue weighted by Crippen LogP contribution is 2.15. The number of benzene rings is 1. The van der Waals surface area contributed by atoms with Crippen LogP contribution in [0.15, 0.2) is 48.5 Å². The lowest BCUT2D eigenvalue weighted by Gasteiger charge is -2.18. The average Bonchev–Trinajstić information content (AvgIpc) is 2.62. The van der Waals surface area contributed by atoms with Crippen LogP contribution in [0, 0.1) is 0 Å². The molecule has 1 aromatic heterocycles. The summed E-state index contributed by atoms with van der Waals surface area (Å²) in [6, 6.07) is 12.9. The molecule has 4 heteroatoms.